The molecule has 0 amide bonds. The van der Waals surface area contributed by atoms with Crippen LogP contribution < -0.4 is 5.32 Å². The first-order chi connectivity index (χ1) is 8.79. The highest BCUT2D eigenvalue weighted by atomic mass is 14.9. The molecule has 0 aliphatic rings. The molecule has 0 spiro atoms. The van der Waals surface area contributed by atoms with Crippen LogP contribution in [0, 0.1) is 17.3 Å². The Morgan fingerprint density at radius 1 is 1.16 bits per heavy atom. The van der Waals surface area contributed by atoms with Crippen LogP contribution in [0.5, 0.6) is 0 Å². The van der Waals surface area contributed by atoms with Crippen LogP contribution in [0.3, 0.4) is 0 Å². The Morgan fingerprint density at radius 2 is 1.74 bits per heavy atom. The van der Waals surface area contributed by atoms with Gasteiger partial charge in [0, 0.05) is 6.04 Å². The molecule has 19 heavy (non-hydrogen) atoms. The number of rotatable bonds is 9. The standard InChI is InChI=1S/C18H37N/c1-9-12-18(8,16(7)14(3)4)17(10-2)11-13-19-15(5)6/h10,14-16,19H,9,11-13H2,1-8H3/b17-10-. The molecule has 1 N–H and O–H groups in total. The molecular weight excluding hydrogens is 230 g/mol. The number of nitrogens with one attached hydrogen (secondary N) is 1. The maximum Gasteiger partial charge on any atom is 0.00105 e. The van der Waals surface area contributed by atoms with Crippen molar-refractivity contribution >= 4 is 0 Å². The lowest BCUT2D eigenvalue weighted by Crippen LogP contribution is -2.33. The second kappa shape index (κ2) is 8.79. The van der Waals surface area contributed by atoms with Crippen molar-refractivity contribution in [1.29, 1.82) is 0 Å². The quantitative estimate of drug-likeness (QED) is 0.550. The first-order valence-electron chi connectivity index (χ1n) is 8.18. The largest absolute Gasteiger partial charge is 0.314 e. The third kappa shape index (κ3) is 5.69. The van der Waals surface area contributed by atoms with Crippen LogP contribution in [-0.4, -0.2) is 12.6 Å². The minimum Gasteiger partial charge on any atom is -0.314 e. The van der Waals surface area contributed by atoms with Crippen molar-refractivity contribution in [2.45, 2.75) is 80.7 Å². The lowest BCUT2D eigenvalue weighted by atomic mass is 9.64. The molecule has 0 aromatic rings. The predicted octanol–water partition coefficient (Wildman–Crippen LogP) is 5.42. The SMILES string of the molecule is C/C=C(/CCNC(C)C)C(C)(CCC)C(C)C(C)C. The summed E-state index contributed by atoms with van der Waals surface area (Å²) in [5.41, 5.74) is 2.00. The fourth-order valence-corrected chi connectivity index (χ4v) is 3.19. The Bertz CT molecular complexity index is 265. The molecular formula is C18H37N. The lowest BCUT2D eigenvalue weighted by molar-refractivity contribution is 0.174. The van der Waals surface area contributed by atoms with E-state index in [-0.39, 0.29) is 0 Å². The molecule has 0 fully saturated rings. The van der Waals surface area contributed by atoms with Gasteiger partial charge in [0.05, 0.1) is 0 Å². The van der Waals surface area contributed by atoms with Crippen molar-refractivity contribution in [2.24, 2.45) is 17.3 Å². The van der Waals surface area contributed by atoms with Crippen molar-refractivity contribution in [3.05, 3.63) is 11.6 Å². The van der Waals surface area contributed by atoms with Gasteiger partial charge in [0.1, 0.15) is 0 Å². The molecule has 1 nitrogen and oxygen atoms in total. The van der Waals surface area contributed by atoms with Gasteiger partial charge in [-0.1, -0.05) is 66.5 Å². The van der Waals surface area contributed by atoms with Crippen LogP contribution in [0.25, 0.3) is 0 Å². The summed E-state index contributed by atoms with van der Waals surface area (Å²) in [6.07, 6.45) is 6.12. The zero-order chi connectivity index (χ0) is 15.1. The van der Waals surface area contributed by atoms with Crippen molar-refractivity contribution in [2.75, 3.05) is 6.54 Å². The van der Waals surface area contributed by atoms with Gasteiger partial charge in [-0.2, -0.15) is 0 Å². The number of allylic oxidation sites excluding steroid dienone is 1. The van der Waals surface area contributed by atoms with Gasteiger partial charge >= 0.3 is 0 Å². The van der Waals surface area contributed by atoms with Gasteiger partial charge in [-0.25, -0.2) is 0 Å². The molecule has 2 atom stereocenters. The first kappa shape index (κ1) is 18.7. The summed E-state index contributed by atoms with van der Waals surface area (Å²) in [7, 11) is 0. The maximum absolute atomic E-state index is 3.55. The van der Waals surface area contributed by atoms with E-state index in [1.54, 1.807) is 5.57 Å². The molecule has 0 radical (unpaired) electrons. The smallest absolute Gasteiger partial charge is 0.00105 e. The van der Waals surface area contributed by atoms with E-state index in [1.807, 2.05) is 0 Å². The average molecular weight is 268 g/mol. The van der Waals surface area contributed by atoms with E-state index in [0.717, 1.165) is 18.4 Å². The Kier molecular flexibility index (Phi) is 8.65. The number of hydrogen-bond donors (Lipinski definition) is 1. The normalized spacial score (nSPS) is 17.9. The highest BCUT2D eigenvalue weighted by Gasteiger charge is 2.34. The highest BCUT2D eigenvalue weighted by Crippen LogP contribution is 2.44. The zero-order valence-corrected chi connectivity index (χ0v) is 14.6. The molecule has 0 aliphatic carbocycles. The summed E-state index contributed by atoms with van der Waals surface area (Å²) < 4.78 is 0. The summed E-state index contributed by atoms with van der Waals surface area (Å²) in [6.45, 7) is 19.7. The Morgan fingerprint density at radius 3 is 2.11 bits per heavy atom. The van der Waals surface area contributed by atoms with Crippen LogP contribution in [0.1, 0.15) is 74.7 Å². The topological polar surface area (TPSA) is 12.0 Å². The van der Waals surface area contributed by atoms with Crippen LogP contribution >= 0.6 is 0 Å². The third-order valence-corrected chi connectivity index (χ3v) is 4.80. The summed E-state index contributed by atoms with van der Waals surface area (Å²) >= 11 is 0. The second-order valence-electron chi connectivity index (χ2n) is 6.87. The Labute approximate surface area is 122 Å². The first-order valence-corrected chi connectivity index (χ1v) is 8.18. The second-order valence-corrected chi connectivity index (χ2v) is 6.87. The molecule has 0 rings (SSSR count). The van der Waals surface area contributed by atoms with Gasteiger partial charge in [0.25, 0.3) is 0 Å². The summed E-state index contributed by atoms with van der Waals surface area (Å²) in [5.74, 6) is 1.47. The predicted molar refractivity (Wildman–Crippen MR) is 88.5 cm³/mol. The van der Waals surface area contributed by atoms with E-state index in [0.29, 0.717) is 11.5 Å². The van der Waals surface area contributed by atoms with Gasteiger partial charge in [0.2, 0.25) is 0 Å². The molecule has 1 heteroatoms. The van der Waals surface area contributed by atoms with E-state index < -0.39 is 0 Å². The van der Waals surface area contributed by atoms with Gasteiger partial charge in [-0.15, -0.1) is 0 Å². The van der Waals surface area contributed by atoms with Crippen molar-refractivity contribution in [3.8, 4) is 0 Å². The van der Waals surface area contributed by atoms with E-state index in [9.17, 15) is 0 Å². The van der Waals surface area contributed by atoms with Crippen LogP contribution in [0.15, 0.2) is 11.6 Å². The molecule has 0 aromatic heterocycles. The van der Waals surface area contributed by atoms with Crippen LogP contribution in [0.2, 0.25) is 0 Å². The van der Waals surface area contributed by atoms with E-state index >= 15 is 0 Å². The molecule has 0 saturated carbocycles. The zero-order valence-electron chi connectivity index (χ0n) is 14.6. The lowest BCUT2D eigenvalue weighted by Gasteiger charge is -2.41. The fourth-order valence-electron chi connectivity index (χ4n) is 3.19. The molecule has 114 valence electrons. The maximum atomic E-state index is 3.55. The monoisotopic (exact) mass is 267 g/mol. The van der Waals surface area contributed by atoms with E-state index in [4.69, 9.17) is 0 Å². The van der Waals surface area contributed by atoms with E-state index in [1.165, 1.54) is 19.3 Å². The van der Waals surface area contributed by atoms with Gasteiger partial charge in [-0.05, 0) is 43.6 Å². The fraction of sp³-hybridized carbons (Fsp3) is 0.889. The van der Waals surface area contributed by atoms with Crippen molar-refractivity contribution < 1.29 is 0 Å². The number of hydrogen-bond acceptors (Lipinski definition) is 1. The van der Waals surface area contributed by atoms with Crippen molar-refractivity contribution in [3.63, 3.8) is 0 Å². The minimum absolute atomic E-state index is 0.357. The Balaban J connectivity index is 4.90. The summed E-state index contributed by atoms with van der Waals surface area (Å²) in [5, 5.41) is 3.55. The minimum atomic E-state index is 0.357. The molecule has 0 bridgehead atoms. The van der Waals surface area contributed by atoms with E-state index in [2.05, 4.69) is 66.8 Å². The van der Waals surface area contributed by atoms with Gasteiger partial charge in [-0.3, -0.25) is 0 Å². The van der Waals surface area contributed by atoms with Gasteiger partial charge < -0.3 is 5.32 Å². The molecule has 0 aromatic carbocycles. The molecule has 0 aliphatic heterocycles. The van der Waals surface area contributed by atoms with Gasteiger partial charge in [0.15, 0.2) is 0 Å². The summed E-state index contributed by atoms with van der Waals surface area (Å²) in [6, 6.07) is 0.582. The highest BCUT2D eigenvalue weighted by molar-refractivity contribution is 5.15. The van der Waals surface area contributed by atoms with Crippen molar-refractivity contribution in [1.82, 2.24) is 5.32 Å². The molecule has 0 heterocycles. The molecule has 0 saturated heterocycles. The molecule has 2 unspecified atom stereocenters. The average Bonchev–Trinajstić information content (AvgIpc) is 2.33. The van der Waals surface area contributed by atoms with Crippen LogP contribution in [0.4, 0.5) is 0 Å². The van der Waals surface area contributed by atoms with Crippen LogP contribution in [-0.2, 0) is 0 Å². The summed E-state index contributed by atoms with van der Waals surface area (Å²) in [4.78, 5) is 0. The third-order valence-electron chi connectivity index (χ3n) is 4.80. The Hall–Kier alpha value is -0.300.